The van der Waals surface area contributed by atoms with E-state index in [2.05, 4.69) is 35.3 Å². The van der Waals surface area contributed by atoms with E-state index in [1.807, 2.05) is 46.6 Å². The van der Waals surface area contributed by atoms with E-state index in [4.69, 9.17) is 4.74 Å². The highest BCUT2D eigenvalue weighted by Crippen LogP contribution is 2.42. The van der Waals surface area contributed by atoms with Crippen molar-refractivity contribution in [2.75, 3.05) is 37.0 Å². The zero-order chi connectivity index (χ0) is 42.3. The molecule has 16 heteroatoms. The molecule has 1 aliphatic heterocycles. The fourth-order valence-corrected chi connectivity index (χ4v) is 7.77. The van der Waals surface area contributed by atoms with Crippen molar-refractivity contribution in [1.82, 2.24) is 15.2 Å². The molecule has 56 heavy (non-hydrogen) atoms. The van der Waals surface area contributed by atoms with Gasteiger partial charge in [-0.15, -0.1) is 0 Å². The number of benzene rings is 2. The summed E-state index contributed by atoms with van der Waals surface area (Å²) in [6.07, 6.45) is -3.95. The minimum atomic E-state index is -5.07. The molecule has 1 fully saturated rings. The largest absolute Gasteiger partial charge is 0.478 e. The molecule has 3 aromatic rings. The monoisotopic (exact) mass is 811 g/mol. The Hall–Kier alpha value is -4.18. The second kappa shape index (κ2) is 16.4. The predicted octanol–water partition coefficient (Wildman–Crippen LogP) is 9.77. The number of anilines is 2. The normalized spacial score (nSPS) is 17.2. The number of hydrogen-bond acceptors (Lipinski definition) is 6. The summed E-state index contributed by atoms with van der Waals surface area (Å²) in [5.74, 6) is -8.36. The van der Waals surface area contributed by atoms with Crippen LogP contribution in [0.15, 0.2) is 30.5 Å². The zero-order valence-corrected chi connectivity index (χ0v) is 34.8. The fraction of sp³-hybridized carbons (Fsp3) is 0.525. The summed E-state index contributed by atoms with van der Waals surface area (Å²) in [5.41, 5.74) is -7.10. The molecule has 0 unspecified atom stereocenters. The highest BCUT2D eigenvalue weighted by atomic mass is 28.3. The number of amides is 2. The Morgan fingerprint density at radius 1 is 0.875 bits per heavy atom. The standard InChI is InChI=1S/C40H52F7N5O3Si/c1-22-19-52(20-23(2)51(22)8)31-17-30(43)33(24-14-25(29(42)16-28(24)41)37(54)50-39(6,7)21-38(3,4)5)34(44)35(31)49-36(53)26-18-48-32(15-27(26)40(45,46)47)55-12-13-56(9,10)11/h14-18,22-23H,12-13,19-21H2,1-11H3,(H,49,53)(H,50,54)/t22-,23+. The molecule has 2 N–H and O–H groups in total. The first-order valence-electron chi connectivity index (χ1n) is 18.4. The average Bonchev–Trinajstić information content (AvgIpc) is 3.02. The van der Waals surface area contributed by atoms with Gasteiger partial charge in [0.05, 0.1) is 34.5 Å². The second-order valence-electron chi connectivity index (χ2n) is 17.8. The number of ether oxygens (including phenoxy) is 1. The van der Waals surface area contributed by atoms with Crippen molar-refractivity contribution in [1.29, 1.82) is 0 Å². The van der Waals surface area contributed by atoms with Crippen molar-refractivity contribution in [3.8, 4) is 17.0 Å². The van der Waals surface area contributed by atoms with Gasteiger partial charge in [-0.05, 0) is 58.7 Å². The van der Waals surface area contributed by atoms with Crippen LogP contribution in [0.1, 0.15) is 81.2 Å². The molecular weight excluding hydrogens is 760 g/mol. The first-order valence-corrected chi connectivity index (χ1v) is 22.1. The number of nitrogens with one attached hydrogen (secondary N) is 2. The minimum Gasteiger partial charge on any atom is -0.478 e. The van der Waals surface area contributed by atoms with Gasteiger partial charge in [0.2, 0.25) is 5.88 Å². The van der Waals surface area contributed by atoms with Crippen LogP contribution >= 0.6 is 0 Å². The molecule has 308 valence electrons. The molecule has 2 heterocycles. The van der Waals surface area contributed by atoms with E-state index < -0.39 is 88.4 Å². The number of piperazine rings is 1. The van der Waals surface area contributed by atoms with E-state index in [1.54, 1.807) is 18.7 Å². The second-order valence-corrected chi connectivity index (χ2v) is 23.4. The van der Waals surface area contributed by atoms with E-state index in [0.717, 1.165) is 6.07 Å². The summed E-state index contributed by atoms with van der Waals surface area (Å²) >= 11 is 0. The summed E-state index contributed by atoms with van der Waals surface area (Å²) in [6.45, 7) is 19.6. The first-order chi connectivity index (χ1) is 25.6. The number of hydrogen-bond donors (Lipinski definition) is 2. The number of halogens is 7. The molecule has 0 spiro atoms. The van der Waals surface area contributed by atoms with Gasteiger partial charge in [-0.3, -0.25) is 14.5 Å². The van der Waals surface area contributed by atoms with E-state index >= 15 is 17.6 Å². The maximum atomic E-state index is 17.0. The van der Waals surface area contributed by atoms with Gasteiger partial charge < -0.3 is 20.3 Å². The molecule has 8 nitrogen and oxygen atoms in total. The Balaban J connectivity index is 1.86. The third-order valence-electron chi connectivity index (χ3n) is 9.66. The van der Waals surface area contributed by atoms with Gasteiger partial charge in [-0.25, -0.2) is 22.5 Å². The molecule has 4 rings (SSSR count). The third-order valence-corrected chi connectivity index (χ3v) is 11.4. The van der Waals surface area contributed by atoms with Gasteiger partial charge in [0, 0.05) is 68.7 Å². The van der Waals surface area contributed by atoms with E-state index in [-0.39, 0.29) is 48.8 Å². The van der Waals surface area contributed by atoms with Gasteiger partial charge in [0.15, 0.2) is 5.82 Å². The summed E-state index contributed by atoms with van der Waals surface area (Å²) in [4.78, 5) is 34.6. The molecule has 1 aliphatic rings. The van der Waals surface area contributed by atoms with Crippen molar-refractivity contribution in [3.05, 3.63) is 70.4 Å². The number of aromatic nitrogens is 1. The molecule has 1 saturated heterocycles. The molecule has 0 bridgehead atoms. The number of carbonyl (C=O) groups excluding carboxylic acids is 2. The van der Waals surface area contributed by atoms with E-state index in [0.29, 0.717) is 36.9 Å². The molecule has 0 saturated carbocycles. The van der Waals surface area contributed by atoms with Crippen LogP contribution in [0.25, 0.3) is 11.1 Å². The maximum Gasteiger partial charge on any atom is 0.417 e. The van der Waals surface area contributed by atoms with Gasteiger partial charge in [0.1, 0.15) is 23.1 Å². The SMILES string of the molecule is C[C@@H]1CN(c2cc(F)c(-c3cc(C(=O)NC(C)(C)CC(C)(C)C)c(F)cc3F)c(F)c2NC(=O)c2cnc(OCC[Si](C)(C)C)cc2C(F)(F)F)C[C@H](C)N1C. The van der Waals surface area contributed by atoms with Gasteiger partial charge >= 0.3 is 6.18 Å². The van der Waals surface area contributed by atoms with Crippen molar-refractivity contribution < 1.29 is 45.1 Å². The molecule has 0 radical (unpaired) electrons. The van der Waals surface area contributed by atoms with Crippen LogP contribution < -0.4 is 20.3 Å². The highest BCUT2D eigenvalue weighted by molar-refractivity contribution is 6.76. The van der Waals surface area contributed by atoms with Crippen LogP contribution in [-0.4, -0.2) is 74.1 Å². The summed E-state index contributed by atoms with van der Waals surface area (Å²) < 4.78 is 113. The van der Waals surface area contributed by atoms with Crippen molar-refractivity contribution in [2.24, 2.45) is 5.41 Å². The lowest BCUT2D eigenvalue weighted by atomic mass is 9.81. The third kappa shape index (κ3) is 10.8. The number of nitrogens with zero attached hydrogens (tertiary/aromatic N) is 3. The van der Waals surface area contributed by atoms with E-state index in [1.165, 1.54) is 0 Å². The van der Waals surface area contributed by atoms with Gasteiger partial charge in [-0.1, -0.05) is 40.4 Å². The number of pyridine rings is 1. The Morgan fingerprint density at radius 2 is 1.48 bits per heavy atom. The van der Waals surface area contributed by atoms with Crippen LogP contribution in [0.4, 0.5) is 42.1 Å². The molecule has 2 atom stereocenters. The number of carbonyl (C=O) groups is 2. The molecule has 2 amide bonds. The smallest absolute Gasteiger partial charge is 0.417 e. The van der Waals surface area contributed by atoms with Crippen LogP contribution in [0.3, 0.4) is 0 Å². The van der Waals surface area contributed by atoms with Gasteiger partial charge in [-0.2, -0.15) is 13.2 Å². The van der Waals surface area contributed by atoms with Gasteiger partial charge in [0.25, 0.3) is 11.8 Å². The molecular formula is C40H52F7N5O3Si. The Morgan fingerprint density at radius 3 is 2.04 bits per heavy atom. The van der Waals surface area contributed by atoms with E-state index in [9.17, 15) is 22.8 Å². The van der Waals surface area contributed by atoms with Crippen molar-refractivity contribution >= 4 is 31.3 Å². The average molecular weight is 812 g/mol. The van der Waals surface area contributed by atoms with Crippen molar-refractivity contribution in [3.63, 3.8) is 0 Å². The van der Waals surface area contributed by atoms with Crippen LogP contribution in [0.2, 0.25) is 25.7 Å². The van der Waals surface area contributed by atoms with Crippen LogP contribution in [0.5, 0.6) is 5.88 Å². The Kier molecular flexibility index (Phi) is 13.0. The summed E-state index contributed by atoms with van der Waals surface area (Å²) in [6, 6.07) is 2.72. The number of rotatable bonds is 11. The minimum absolute atomic E-state index is 0.109. The molecule has 0 aliphatic carbocycles. The number of alkyl halides is 3. The highest BCUT2D eigenvalue weighted by Gasteiger charge is 2.38. The van der Waals surface area contributed by atoms with Crippen LogP contribution in [-0.2, 0) is 6.18 Å². The fourth-order valence-electron chi connectivity index (χ4n) is 7.06. The Bertz CT molecular complexity index is 1950. The zero-order valence-electron chi connectivity index (χ0n) is 33.8. The topological polar surface area (TPSA) is 86.8 Å². The quantitative estimate of drug-likeness (QED) is 0.148. The summed E-state index contributed by atoms with van der Waals surface area (Å²) in [5, 5.41) is 4.89. The summed E-state index contributed by atoms with van der Waals surface area (Å²) in [7, 11) is 0.253. The van der Waals surface area contributed by atoms with Crippen molar-refractivity contribution in [2.45, 2.75) is 104 Å². The predicted molar refractivity (Wildman–Crippen MR) is 207 cm³/mol. The molecule has 1 aromatic heterocycles. The maximum absolute atomic E-state index is 17.0. The lowest BCUT2D eigenvalue weighted by molar-refractivity contribution is -0.138. The molecule has 2 aromatic carbocycles. The first kappa shape index (κ1) is 44.5. The van der Waals surface area contributed by atoms with Crippen LogP contribution in [0, 0.1) is 28.7 Å². The lowest BCUT2D eigenvalue weighted by Gasteiger charge is -2.44. The lowest BCUT2D eigenvalue weighted by Crippen LogP contribution is -2.55. The number of likely N-dealkylation sites (N-methyl/N-ethyl adjacent to an activating group) is 1. The Labute approximate surface area is 325 Å².